The van der Waals surface area contributed by atoms with E-state index in [1.807, 2.05) is 0 Å². The van der Waals surface area contributed by atoms with Crippen LogP contribution in [0.2, 0.25) is 0 Å². The van der Waals surface area contributed by atoms with Crippen molar-refractivity contribution in [2.75, 3.05) is 12.5 Å². The van der Waals surface area contributed by atoms with Crippen LogP contribution in [0.25, 0.3) is 0 Å². The molecule has 5 nitrogen and oxygen atoms in total. The zero-order chi connectivity index (χ0) is 19.3. The lowest BCUT2D eigenvalue weighted by molar-refractivity contribution is 0.122. The van der Waals surface area contributed by atoms with Gasteiger partial charge in [-0.1, -0.05) is 18.2 Å². The Hall–Kier alpha value is -1.67. The maximum absolute atomic E-state index is 13.0. The summed E-state index contributed by atoms with van der Waals surface area (Å²) < 4.78 is 54.4. The first kappa shape index (κ1) is 20.1. The summed E-state index contributed by atoms with van der Waals surface area (Å²) in [6.07, 6.45) is 0.347. The van der Waals surface area contributed by atoms with Gasteiger partial charge in [0.15, 0.2) is 0 Å². The first-order valence-electron chi connectivity index (χ1n) is 8.56. The molecule has 2 aromatic carbocycles. The highest BCUT2D eigenvalue weighted by molar-refractivity contribution is 7.86. The summed E-state index contributed by atoms with van der Waals surface area (Å²) in [5, 5.41) is 0. The number of rotatable bonds is 10. The van der Waals surface area contributed by atoms with E-state index in [1.165, 1.54) is 36.4 Å². The smallest absolute Gasteiger partial charge is 0.297 e. The minimum atomic E-state index is -3.92. The fraction of sp³-hybridized carbons (Fsp3) is 0.368. The van der Waals surface area contributed by atoms with Crippen LogP contribution in [0.3, 0.4) is 0 Å². The Balaban J connectivity index is 1.64. The van der Waals surface area contributed by atoms with E-state index in [4.69, 9.17) is 25.3 Å². The molecule has 2 aromatic rings. The first-order valence-corrected chi connectivity index (χ1v) is 10.5. The van der Waals surface area contributed by atoms with Gasteiger partial charge in [0.2, 0.25) is 0 Å². The monoisotopic (exact) mass is 414 g/mol. The molecule has 8 heteroatoms. The summed E-state index contributed by atoms with van der Waals surface area (Å²) in [7, 11) is -3.92. The third kappa shape index (κ3) is 5.90. The molecule has 0 aromatic heterocycles. The van der Waals surface area contributed by atoms with Gasteiger partial charge in [-0.25, -0.2) is 4.39 Å². The van der Waals surface area contributed by atoms with E-state index in [9.17, 15) is 12.8 Å². The van der Waals surface area contributed by atoms with E-state index in [1.54, 1.807) is 18.2 Å². The lowest BCUT2D eigenvalue weighted by Crippen LogP contribution is -2.26. The molecule has 1 heterocycles. The second kappa shape index (κ2) is 9.01. The van der Waals surface area contributed by atoms with E-state index < -0.39 is 16.2 Å². The molecule has 1 saturated heterocycles. The molecule has 0 unspecified atom stereocenters. The summed E-state index contributed by atoms with van der Waals surface area (Å²) in [4.78, 5) is 0.0816. The van der Waals surface area contributed by atoms with E-state index in [0.717, 1.165) is 0 Å². The zero-order valence-corrected chi connectivity index (χ0v) is 16.0. The minimum absolute atomic E-state index is 0.00988. The molecule has 0 saturated carbocycles. The topological polar surface area (TPSA) is 65.1 Å². The molecule has 1 aliphatic rings. The van der Waals surface area contributed by atoms with E-state index in [0.29, 0.717) is 24.5 Å². The molecule has 0 amide bonds. The molecule has 0 spiro atoms. The van der Waals surface area contributed by atoms with Crippen LogP contribution in [0.4, 0.5) is 4.39 Å². The van der Waals surface area contributed by atoms with Gasteiger partial charge < -0.3 is 9.47 Å². The Bertz CT molecular complexity index is 829. The van der Waals surface area contributed by atoms with Gasteiger partial charge in [-0.2, -0.15) is 8.42 Å². The Morgan fingerprint density at radius 1 is 1.07 bits per heavy atom. The van der Waals surface area contributed by atoms with Crippen LogP contribution in [0.5, 0.6) is 5.75 Å². The fourth-order valence-corrected chi connectivity index (χ4v) is 4.00. The third-order valence-corrected chi connectivity index (χ3v) is 5.84. The van der Waals surface area contributed by atoms with Crippen molar-refractivity contribution in [1.29, 1.82) is 0 Å². The Labute approximate surface area is 163 Å². The van der Waals surface area contributed by atoms with Gasteiger partial charge in [0, 0.05) is 0 Å². The summed E-state index contributed by atoms with van der Waals surface area (Å²) >= 11 is 5.74. The van der Waals surface area contributed by atoms with E-state index in [2.05, 4.69) is 0 Å². The van der Waals surface area contributed by atoms with Crippen LogP contribution >= 0.6 is 11.6 Å². The van der Waals surface area contributed by atoms with Gasteiger partial charge in [0.1, 0.15) is 24.3 Å². The normalized spacial score (nSPS) is 20.2. The highest BCUT2D eigenvalue weighted by Gasteiger charge is 2.38. The van der Waals surface area contributed by atoms with Gasteiger partial charge in [-0.3, -0.25) is 4.18 Å². The van der Waals surface area contributed by atoms with Crippen molar-refractivity contribution in [2.24, 2.45) is 0 Å². The quantitative estimate of drug-likeness (QED) is 0.336. The predicted octanol–water partition coefficient (Wildman–Crippen LogP) is 3.77. The SMILES string of the molecule is O=S(=O)(O[C@H](CC[C@@H]1O[C@@H]1CCl)COc1ccc(F)cc1)c1ccccc1. The second-order valence-electron chi connectivity index (χ2n) is 6.19. The molecule has 0 bridgehead atoms. The minimum Gasteiger partial charge on any atom is -0.491 e. The Kier molecular flexibility index (Phi) is 6.70. The molecular formula is C19H20ClFO5S. The predicted molar refractivity (Wildman–Crippen MR) is 99.0 cm³/mol. The number of halogens is 2. The molecule has 3 rings (SSSR count). The van der Waals surface area contributed by atoms with Crippen molar-refractivity contribution < 1.29 is 26.5 Å². The van der Waals surface area contributed by atoms with Crippen LogP contribution in [-0.4, -0.2) is 39.2 Å². The van der Waals surface area contributed by atoms with Gasteiger partial charge in [0.25, 0.3) is 10.1 Å². The lowest BCUT2D eigenvalue weighted by Gasteiger charge is -2.18. The number of alkyl halides is 1. The summed E-state index contributed by atoms with van der Waals surface area (Å²) in [6, 6.07) is 13.4. The fourth-order valence-electron chi connectivity index (χ4n) is 2.62. The molecular weight excluding hydrogens is 395 g/mol. The van der Waals surface area contributed by atoms with Gasteiger partial charge in [0.05, 0.1) is 23.0 Å². The highest BCUT2D eigenvalue weighted by Crippen LogP contribution is 2.29. The summed E-state index contributed by atoms with van der Waals surface area (Å²) in [5.41, 5.74) is 0. The number of epoxide rings is 1. The van der Waals surface area contributed by atoms with Crippen molar-refractivity contribution >= 4 is 21.7 Å². The van der Waals surface area contributed by atoms with Crippen molar-refractivity contribution in [1.82, 2.24) is 0 Å². The van der Waals surface area contributed by atoms with Gasteiger partial charge >= 0.3 is 0 Å². The zero-order valence-electron chi connectivity index (χ0n) is 14.5. The maximum Gasteiger partial charge on any atom is 0.297 e. The van der Waals surface area contributed by atoms with Crippen LogP contribution in [-0.2, 0) is 19.0 Å². The number of hydrogen-bond acceptors (Lipinski definition) is 5. The highest BCUT2D eigenvalue weighted by atomic mass is 35.5. The number of benzene rings is 2. The average Bonchev–Trinajstić information content (AvgIpc) is 3.44. The maximum atomic E-state index is 13.0. The van der Waals surface area contributed by atoms with Gasteiger partial charge in [-0.05, 0) is 49.2 Å². The number of ether oxygens (including phenoxy) is 2. The molecule has 0 aliphatic carbocycles. The Morgan fingerprint density at radius 2 is 1.78 bits per heavy atom. The number of hydrogen-bond donors (Lipinski definition) is 0. The molecule has 0 N–H and O–H groups in total. The van der Waals surface area contributed by atoms with E-state index in [-0.39, 0.29) is 29.5 Å². The van der Waals surface area contributed by atoms with Gasteiger partial charge in [-0.15, -0.1) is 11.6 Å². The van der Waals surface area contributed by atoms with Crippen molar-refractivity contribution in [3.05, 3.63) is 60.4 Å². The lowest BCUT2D eigenvalue weighted by atomic mass is 10.1. The van der Waals surface area contributed by atoms with Crippen LogP contribution in [0.1, 0.15) is 12.8 Å². The summed E-state index contributed by atoms with van der Waals surface area (Å²) in [6.45, 7) is 0.00988. The largest absolute Gasteiger partial charge is 0.491 e. The van der Waals surface area contributed by atoms with Crippen molar-refractivity contribution in [3.63, 3.8) is 0 Å². The van der Waals surface area contributed by atoms with Crippen molar-refractivity contribution in [3.8, 4) is 5.75 Å². The first-order chi connectivity index (χ1) is 13.0. The molecule has 146 valence electrons. The molecule has 3 atom stereocenters. The summed E-state index contributed by atoms with van der Waals surface area (Å²) in [5.74, 6) is 0.466. The molecule has 0 radical (unpaired) electrons. The molecule has 1 fully saturated rings. The third-order valence-electron chi connectivity index (χ3n) is 4.16. The molecule has 27 heavy (non-hydrogen) atoms. The van der Waals surface area contributed by atoms with Crippen LogP contribution < -0.4 is 4.74 Å². The molecule has 1 aliphatic heterocycles. The second-order valence-corrected chi connectivity index (χ2v) is 8.08. The average molecular weight is 415 g/mol. The Morgan fingerprint density at radius 3 is 2.41 bits per heavy atom. The van der Waals surface area contributed by atoms with Crippen LogP contribution in [0.15, 0.2) is 59.5 Å². The standard InChI is InChI=1S/C19H20ClFO5S/c20-12-19-18(25-19)11-10-16(13-24-15-8-6-14(21)7-9-15)26-27(22,23)17-4-2-1-3-5-17/h1-9,16,18-19H,10-13H2/t16-,18+,19-/m1/s1. The van der Waals surface area contributed by atoms with Crippen molar-refractivity contribution in [2.45, 2.75) is 36.0 Å². The van der Waals surface area contributed by atoms with E-state index >= 15 is 0 Å². The van der Waals surface area contributed by atoms with Crippen LogP contribution in [0, 0.1) is 5.82 Å².